The Morgan fingerprint density at radius 1 is 1.28 bits per heavy atom. The molecule has 6 heteroatoms. The number of amides is 1. The Hall–Kier alpha value is -1.40. The molecule has 2 N–H and O–H groups in total. The lowest BCUT2D eigenvalue weighted by Crippen LogP contribution is -2.39. The van der Waals surface area contributed by atoms with E-state index in [1.807, 2.05) is 0 Å². The Morgan fingerprint density at radius 3 is 2.44 bits per heavy atom. The van der Waals surface area contributed by atoms with Gasteiger partial charge in [-0.25, -0.2) is 12.7 Å². The molecule has 1 aliphatic rings. The molecule has 0 bridgehead atoms. The first-order chi connectivity index (χ1) is 8.23. The van der Waals surface area contributed by atoms with Crippen molar-refractivity contribution in [1.82, 2.24) is 4.31 Å². The standard InChI is InChI=1S/C12H16N2O3S/c1-12(2,13)7-8-14-11(15)9-5-3-4-6-10(9)18(14,16)17/h3-6H,7-8,13H2,1-2H3. The summed E-state index contributed by atoms with van der Waals surface area (Å²) in [5.74, 6) is -0.463. The normalized spacial score (nSPS) is 17.9. The molecule has 0 radical (unpaired) electrons. The monoisotopic (exact) mass is 268 g/mol. The first-order valence-electron chi connectivity index (χ1n) is 5.68. The number of carbonyl (C=O) groups is 1. The molecule has 0 unspecified atom stereocenters. The van der Waals surface area contributed by atoms with E-state index in [4.69, 9.17) is 5.73 Å². The molecule has 1 aromatic rings. The lowest BCUT2D eigenvalue weighted by atomic mass is 10.0. The van der Waals surface area contributed by atoms with Crippen LogP contribution >= 0.6 is 0 Å². The number of hydrogen-bond donors (Lipinski definition) is 1. The first kappa shape index (κ1) is 13.0. The highest BCUT2D eigenvalue weighted by Crippen LogP contribution is 2.30. The highest BCUT2D eigenvalue weighted by atomic mass is 32.2. The third kappa shape index (κ3) is 2.13. The van der Waals surface area contributed by atoms with Crippen LogP contribution in [-0.2, 0) is 10.0 Å². The number of nitrogens with two attached hydrogens (primary N) is 1. The Bertz CT molecular complexity index is 588. The molecule has 1 aromatic carbocycles. The average Bonchev–Trinajstić information content (AvgIpc) is 2.45. The summed E-state index contributed by atoms with van der Waals surface area (Å²) in [5, 5.41) is 0. The number of fused-ring (bicyclic) bond motifs is 1. The van der Waals surface area contributed by atoms with Crippen molar-refractivity contribution >= 4 is 15.9 Å². The van der Waals surface area contributed by atoms with Gasteiger partial charge in [-0.1, -0.05) is 12.1 Å². The van der Waals surface area contributed by atoms with E-state index in [0.717, 1.165) is 4.31 Å². The molecule has 0 atom stereocenters. The van der Waals surface area contributed by atoms with Gasteiger partial charge in [0.25, 0.3) is 15.9 Å². The van der Waals surface area contributed by atoms with Crippen LogP contribution in [0.15, 0.2) is 29.2 Å². The van der Waals surface area contributed by atoms with Crippen molar-refractivity contribution in [1.29, 1.82) is 0 Å². The van der Waals surface area contributed by atoms with Crippen molar-refractivity contribution in [3.63, 3.8) is 0 Å². The third-order valence-electron chi connectivity index (χ3n) is 2.87. The van der Waals surface area contributed by atoms with E-state index in [1.54, 1.807) is 26.0 Å². The number of benzene rings is 1. The van der Waals surface area contributed by atoms with E-state index in [1.165, 1.54) is 12.1 Å². The second-order valence-corrected chi connectivity index (χ2v) is 6.95. The molecule has 5 nitrogen and oxygen atoms in total. The van der Waals surface area contributed by atoms with E-state index in [0.29, 0.717) is 6.42 Å². The molecule has 0 spiro atoms. The fraction of sp³-hybridized carbons (Fsp3) is 0.417. The van der Waals surface area contributed by atoms with E-state index < -0.39 is 21.5 Å². The number of nitrogens with zero attached hydrogens (tertiary/aromatic N) is 1. The van der Waals surface area contributed by atoms with Gasteiger partial charge < -0.3 is 5.73 Å². The molecule has 0 saturated carbocycles. The van der Waals surface area contributed by atoms with Crippen LogP contribution in [0, 0.1) is 0 Å². The summed E-state index contributed by atoms with van der Waals surface area (Å²) in [6, 6.07) is 6.25. The Kier molecular flexibility index (Phi) is 2.95. The predicted octanol–water partition coefficient (Wildman–Crippen LogP) is 0.959. The summed E-state index contributed by atoms with van der Waals surface area (Å²) >= 11 is 0. The molecule has 1 aliphatic heterocycles. The van der Waals surface area contributed by atoms with E-state index >= 15 is 0 Å². The summed E-state index contributed by atoms with van der Waals surface area (Å²) in [4.78, 5) is 12.1. The molecule has 1 heterocycles. The number of hydrogen-bond acceptors (Lipinski definition) is 4. The molecular weight excluding hydrogens is 252 g/mol. The highest BCUT2D eigenvalue weighted by Gasteiger charge is 2.40. The number of rotatable bonds is 3. The molecule has 2 rings (SSSR count). The topological polar surface area (TPSA) is 80.5 Å². The Labute approximate surface area is 107 Å². The summed E-state index contributed by atoms with van der Waals surface area (Å²) in [5.41, 5.74) is 5.55. The zero-order valence-electron chi connectivity index (χ0n) is 10.4. The number of sulfonamides is 1. The maximum atomic E-state index is 12.2. The van der Waals surface area contributed by atoms with Gasteiger partial charge in [-0.05, 0) is 32.4 Å². The predicted molar refractivity (Wildman–Crippen MR) is 67.5 cm³/mol. The van der Waals surface area contributed by atoms with Gasteiger partial charge in [-0.15, -0.1) is 0 Å². The van der Waals surface area contributed by atoms with Crippen molar-refractivity contribution in [2.45, 2.75) is 30.7 Å². The molecule has 1 amide bonds. The smallest absolute Gasteiger partial charge is 0.269 e. The van der Waals surface area contributed by atoms with Crippen molar-refractivity contribution in [3.8, 4) is 0 Å². The van der Waals surface area contributed by atoms with Gasteiger partial charge in [0.05, 0.1) is 5.56 Å². The minimum atomic E-state index is -3.69. The fourth-order valence-corrected chi connectivity index (χ4v) is 3.41. The largest absolute Gasteiger partial charge is 0.325 e. The number of carbonyl (C=O) groups excluding carboxylic acids is 1. The van der Waals surface area contributed by atoms with Crippen LogP contribution in [0.1, 0.15) is 30.6 Å². The molecule has 98 valence electrons. The van der Waals surface area contributed by atoms with Crippen LogP contribution in [-0.4, -0.2) is 30.7 Å². The second kappa shape index (κ2) is 4.07. The van der Waals surface area contributed by atoms with Crippen molar-refractivity contribution < 1.29 is 13.2 Å². The lowest BCUT2D eigenvalue weighted by Gasteiger charge is -2.22. The molecule has 0 fully saturated rings. The van der Waals surface area contributed by atoms with Crippen LogP contribution in [0.4, 0.5) is 0 Å². The molecular formula is C12H16N2O3S. The quantitative estimate of drug-likeness (QED) is 0.885. The van der Waals surface area contributed by atoms with Crippen LogP contribution in [0.2, 0.25) is 0 Å². The summed E-state index contributed by atoms with van der Waals surface area (Å²) in [7, 11) is -3.69. The lowest BCUT2D eigenvalue weighted by molar-refractivity contribution is 0.0866. The average molecular weight is 268 g/mol. The summed E-state index contributed by atoms with van der Waals surface area (Å²) < 4.78 is 25.3. The first-order valence-corrected chi connectivity index (χ1v) is 7.12. The summed E-state index contributed by atoms with van der Waals surface area (Å²) in [6.45, 7) is 3.71. The van der Waals surface area contributed by atoms with Gasteiger partial charge in [0.1, 0.15) is 4.90 Å². The fourth-order valence-electron chi connectivity index (χ4n) is 1.84. The van der Waals surface area contributed by atoms with Gasteiger partial charge in [-0.3, -0.25) is 4.79 Å². The van der Waals surface area contributed by atoms with Gasteiger partial charge in [0, 0.05) is 12.1 Å². The third-order valence-corrected chi connectivity index (χ3v) is 4.71. The summed E-state index contributed by atoms with van der Waals surface area (Å²) in [6.07, 6.45) is 0.423. The molecule has 18 heavy (non-hydrogen) atoms. The van der Waals surface area contributed by atoms with Crippen molar-refractivity contribution in [3.05, 3.63) is 29.8 Å². The molecule has 0 aliphatic carbocycles. The van der Waals surface area contributed by atoms with Gasteiger partial charge >= 0.3 is 0 Å². The highest BCUT2D eigenvalue weighted by molar-refractivity contribution is 7.90. The molecule has 0 aromatic heterocycles. The van der Waals surface area contributed by atoms with Crippen LogP contribution < -0.4 is 5.73 Å². The van der Waals surface area contributed by atoms with Gasteiger partial charge in [0.2, 0.25) is 0 Å². The minimum Gasteiger partial charge on any atom is -0.325 e. The Morgan fingerprint density at radius 2 is 1.89 bits per heavy atom. The zero-order valence-corrected chi connectivity index (χ0v) is 11.2. The van der Waals surface area contributed by atoms with Crippen LogP contribution in [0.25, 0.3) is 0 Å². The van der Waals surface area contributed by atoms with E-state index in [9.17, 15) is 13.2 Å². The van der Waals surface area contributed by atoms with Crippen LogP contribution in [0.5, 0.6) is 0 Å². The Balaban J connectivity index is 2.34. The zero-order chi connectivity index (χ0) is 13.6. The van der Waals surface area contributed by atoms with E-state index in [-0.39, 0.29) is 17.0 Å². The minimum absolute atomic E-state index is 0.0878. The van der Waals surface area contributed by atoms with Gasteiger partial charge in [-0.2, -0.15) is 0 Å². The molecule has 0 saturated heterocycles. The van der Waals surface area contributed by atoms with E-state index in [2.05, 4.69) is 0 Å². The maximum absolute atomic E-state index is 12.2. The SMILES string of the molecule is CC(C)(N)CCN1C(=O)c2ccccc2S1(=O)=O. The maximum Gasteiger partial charge on any atom is 0.269 e. The van der Waals surface area contributed by atoms with Crippen LogP contribution in [0.3, 0.4) is 0 Å². The second-order valence-electron chi connectivity index (χ2n) is 5.12. The van der Waals surface area contributed by atoms with Crippen molar-refractivity contribution in [2.75, 3.05) is 6.54 Å². The van der Waals surface area contributed by atoms with Crippen molar-refractivity contribution in [2.24, 2.45) is 5.73 Å². The van der Waals surface area contributed by atoms with Gasteiger partial charge in [0.15, 0.2) is 0 Å².